The first-order valence-corrected chi connectivity index (χ1v) is 6.21. The zero-order valence-corrected chi connectivity index (χ0v) is 9.88. The molecule has 0 fully saturated rings. The molecule has 2 nitrogen and oxygen atoms in total. The predicted molar refractivity (Wildman–Crippen MR) is 67.1 cm³/mol. The van der Waals surface area contributed by atoms with Crippen LogP contribution >= 0.6 is 0 Å². The van der Waals surface area contributed by atoms with Crippen LogP contribution in [0, 0.1) is 0 Å². The van der Waals surface area contributed by atoms with E-state index in [1.54, 1.807) is 0 Å². The molecule has 1 aliphatic carbocycles. The molecule has 86 valence electrons. The van der Waals surface area contributed by atoms with Gasteiger partial charge in [-0.15, -0.1) is 0 Å². The van der Waals surface area contributed by atoms with Crippen LogP contribution in [0.1, 0.15) is 48.5 Å². The highest BCUT2D eigenvalue weighted by Gasteiger charge is 2.15. The summed E-state index contributed by atoms with van der Waals surface area (Å²) in [6.07, 6.45) is 5.04. The topological polar surface area (TPSA) is 29.1 Å². The Hall–Kier alpha value is -1.31. The lowest BCUT2D eigenvalue weighted by atomic mass is 10.0. The maximum absolute atomic E-state index is 11.9. The van der Waals surface area contributed by atoms with Gasteiger partial charge in [0.05, 0.1) is 0 Å². The van der Waals surface area contributed by atoms with Gasteiger partial charge in [-0.05, 0) is 43.4 Å². The summed E-state index contributed by atoms with van der Waals surface area (Å²) in [6.45, 7) is 3.11. The molecule has 0 radical (unpaired) electrons. The van der Waals surface area contributed by atoms with Gasteiger partial charge in [0.2, 0.25) is 0 Å². The monoisotopic (exact) mass is 217 g/mol. The number of benzene rings is 1. The van der Waals surface area contributed by atoms with E-state index in [0.29, 0.717) is 12.2 Å². The molecule has 2 heteroatoms. The maximum atomic E-state index is 11.9. The molecule has 1 aliphatic rings. The van der Waals surface area contributed by atoms with E-state index in [4.69, 9.17) is 0 Å². The number of rotatable bonds is 3. The molecule has 0 aromatic heterocycles. The van der Waals surface area contributed by atoms with Gasteiger partial charge >= 0.3 is 0 Å². The summed E-state index contributed by atoms with van der Waals surface area (Å²) in [7, 11) is 0. The summed E-state index contributed by atoms with van der Waals surface area (Å²) < 4.78 is 0. The Morgan fingerprint density at radius 1 is 1.25 bits per heavy atom. The van der Waals surface area contributed by atoms with Crippen molar-refractivity contribution in [1.29, 1.82) is 0 Å². The second kappa shape index (κ2) is 5.15. The summed E-state index contributed by atoms with van der Waals surface area (Å²) in [5, 5.41) is 3.33. The normalized spacial score (nSPS) is 15.4. The van der Waals surface area contributed by atoms with Crippen LogP contribution in [0.5, 0.6) is 0 Å². The molecule has 16 heavy (non-hydrogen) atoms. The molecule has 1 N–H and O–H groups in total. The lowest BCUT2D eigenvalue weighted by Gasteiger charge is -2.09. The average molecular weight is 217 g/mol. The second-order valence-corrected chi connectivity index (χ2v) is 4.43. The van der Waals surface area contributed by atoms with Crippen molar-refractivity contribution < 1.29 is 4.79 Å². The van der Waals surface area contributed by atoms with Crippen LogP contribution in [-0.4, -0.2) is 12.3 Å². The van der Waals surface area contributed by atoms with Gasteiger partial charge in [0.1, 0.15) is 0 Å². The number of carbonyl (C=O) groups is 1. The quantitative estimate of drug-likeness (QED) is 0.786. The number of nitrogens with one attached hydrogen (secondary N) is 1. The van der Waals surface area contributed by atoms with Crippen molar-refractivity contribution in [3.63, 3.8) is 0 Å². The molecule has 0 bridgehead atoms. The molecule has 0 spiro atoms. The van der Waals surface area contributed by atoms with Gasteiger partial charge in [0, 0.05) is 24.2 Å². The molecular formula is C14H19NO. The zero-order chi connectivity index (χ0) is 11.4. The van der Waals surface area contributed by atoms with Gasteiger partial charge in [-0.25, -0.2) is 0 Å². The zero-order valence-electron chi connectivity index (χ0n) is 9.88. The van der Waals surface area contributed by atoms with Crippen molar-refractivity contribution in [2.24, 2.45) is 0 Å². The Morgan fingerprint density at radius 2 is 2.06 bits per heavy atom. The van der Waals surface area contributed by atoms with Crippen LogP contribution in [-0.2, 0) is 6.42 Å². The lowest BCUT2D eigenvalue weighted by Crippen LogP contribution is -2.04. The molecule has 1 aromatic carbocycles. The van der Waals surface area contributed by atoms with Gasteiger partial charge in [-0.2, -0.15) is 0 Å². The van der Waals surface area contributed by atoms with Gasteiger partial charge in [-0.1, -0.05) is 13.0 Å². The van der Waals surface area contributed by atoms with E-state index in [2.05, 4.69) is 24.4 Å². The number of ketones is 1. The third-order valence-electron chi connectivity index (χ3n) is 3.09. The SMILES string of the molecule is CCCNc1ccc2c(c1)C(=O)CCCC2. The van der Waals surface area contributed by atoms with Gasteiger partial charge in [-0.3, -0.25) is 4.79 Å². The van der Waals surface area contributed by atoms with Crippen LogP contribution in [0.4, 0.5) is 5.69 Å². The predicted octanol–water partition coefficient (Wildman–Crippen LogP) is 3.42. The van der Waals surface area contributed by atoms with Crippen LogP contribution < -0.4 is 5.32 Å². The van der Waals surface area contributed by atoms with Crippen LogP contribution in [0.25, 0.3) is 0 Å². The van der Waals surface area contributed by atoms with Crippen LogP contribution in [0.2, 0.25) is 0 Å². The summed E-state index contributed by atoms with van der Waals surface area (Å²) in [5.74, 6) is 0.313. The van der Waals surface area contributed by atoms with E-state index < -0.39 is 0 Å². The Bertz CT molecular complexity index is 384. The van der Waals surface area contributed by atoms with Gasteiger partial charge in [0.15, 0.2) is 5.78 Å². The fourth-order valence-electron chi connectivity index (χ4n) is 2.17. The third kappa shape index (κ3) is 2.43. The number of fused-ring (bicyclic) bond motifs is 1. The fourth-order valence-corrected chi connectivity index (χ4v) is 2.17. The molecule has 0 amide bonds. The van der Waals surface area contributed by atoms with Crippen molar-refractivity contribution in [1.82, 2.24) is 0 Å². The Balaban J connectivity index is 2.24. The Morgan fingerprint density at radius 3 is 2.88 bits per heavy atom. The standard InChI is InChI=1S/C14H19NO/c1-2-9-15-12-8-7-11-5-3-4-6-14(16)13(11)10-12/h7-8,10,15H,2-6,9H2,1H3. The Labute approximate surface area is 97.1 Å². The number of hydrogen-bond donors (Lipinski definition) is 1. The minimum absolute atomic E-state index is 0.313. The number of aryl methyl sites for hydroxylation is 1. The molecule has 1 aromatic rings. The molecule has 0 aliphatic heterocycles. The fraction of sp³-hybridized carbons (Fsp3) is 0.500. The summed E-state index contributed by atoms with van der Waals surface area (Å²) in [4.78, 5) is 11.9. The first-order valence-electron chi connectivity index (χ1n) is 6.21. The molecule has 0 saturated carbocycles. The highest BCUT2D eigenvalue weighted by molar-refractivity contribution is 5.98. The molecule has 0 unspecified atom stereocenters. The van der Waals surface area contributed by atoms with Crippen molar-refractivity contribution in [3.8, 4) is 0 Å². The molecular weight excluding hydrogens is 198 g/mol. The van der Waals surface area contributed by atoms with Crippen molar-refractivity contribution in [2.45, 2.75) is 39.0 Å². The van der Waals surface area contributed by atoms with Gasteiger partial charge < -0.3 is 5.32 Å². The van der Waals surface area contributed by atoms with Crippen LogP contribution in [0.15, 0.2) is 18.2 Å². The highest BCUT2D eigenvalue weighted by Crippen LogP contribution is 2.23. The summed E-state index contributed by atoms with van der Waals surface area (Å²) in [6, 6.07) is 6.22. The molecule has 0 saturated heterocycles. The van der Waals surface area contributed by atoms with E-state index in [1.165, 1.54) is 5.56 Å². The number of Topliss-reactive ketones (excluding diaryl/α,β-unsaturated/α-hetero) is 1. The van der Waals surface area contributed by atoms with E-state index in [0.717, 1.165) is 43.5 Å². The number of hydrogen-bond acceptors (Lipinski definition) is 2. The van der Waals surface area contributed by atoms with E-state index >= 15 is 0 Å². The van der Waals surface area contributed by atoms with E-state index in [-0.39, 0.29) is 0 Å². The maximum Gasteiger partial charge on any atom is 0.163 e. The highest BCUT2D eigenvalue weighted by atomic mass is 16.1. The van der Waals surface area contributed by atoms with Crippen molar-refractivity contribution in [3.05, 3.63) is 29.3 Å². The Kier molecular flexibility index (Phi) is 3.60. The lowest BCUT2D eigenvalue weighted by molar-refractivity contribution is 0.0982. The largest absolute Gasteiger partial charge is 0.385 e. The van der Waals surface area contributed by atoms with Crippen LogP contribution in [0.3, 0.4) is 0 Å². The minimum Gasteiger partial charge on any atom is -0.385 e. The van der Waals surface area contributed by atoms with Gasteiger partial charge in [0.25, 0.3) is 0 Å². The smallest absolute Gasteiger partial charge is 0.163 e. The van der Waals surface area contributed by atoms with Crippen molar-refractivity contribution in [2.75, 3.05) is 11.9 Å². The molecule has 0 heterocycles. The third-order valence-corrected chi connectivity index (χ3v) is 3.09. The van der Waals surface area contributed by atoms with E-state index in [9.17, 15) is 4.79 Å². The number of anilines is 1. The van der Waals surface area contributed by atoms with Crippen molar-refractivity contribution >= 4 is 11.5 Å². The molecule has 0 atom stereocenters. The first kappa shape index (κ1) is 11.2. The second-order valence-electron chi connectivity index (χ2n) is 4.43. The van der Waals surface area contributed by atoms with E-state index in [1.807, 2.05) is 6.07 Å². The number of carbonyl (C=O) groups excluding carboxylic acids is 1. The minimum atomic E-state index is 0.313. The first-order chi connectivity index (χ1) is 7.81. The average Bonchev–Trinajstić information content (AvgIpc) is 2.49. The molecule has 2 rings (SSSR count). The summed E-state index contributed by atoms with van der Waals surface area (Å²) in [5.41, 5.74) is 3.25. The summed E-state index contributed by atoms with van der Waals surface area (Å²) >= 11 is 0.